The second kappa shape index (κ2) is 9.18. The summed E-state index contributed by atoms with van der Waals surface area (Å²) in [7, 11) is 0. The molecule has 2 aromatic carbocycles. The maximum Gasteiger partial charge on any atom is 0.223 e. The molecular weight excluding hydrogens is 398 g/mol. The van der Waals surface area contributed by atoms with Crippen LogP contribution in [0.1, 0.15) is 24.5 Å². The summed E-state index contributed by atoms with van der Waals surface area (Å²) in [5.41, 5.74) is 3.70. The minimum Gasteiger partial charge on any atom is -0.345 e. The fourth-order valence-corrected chi connectivity index (χ4v) is 5.43. The van der Waals surface area contributed by atoms with E-state index in [-0.39, 0.29) is 5.91 Å². The molecule has 3 aromatic rings. The highest BCUT2D eigenvalue weighted by molar-refractivity contribution is 7.99. The molecule has 0 N–H and O–H groups in total. The molecule has 1 amide bonds. The Morgan fingerprint density at radius 3 is 2.59 bits per heavy atom. The molecule has 4 rings (SSSR count). The summed E-state index contributed by atoms with van der Waals surface area (Å²) in [6.07, 6.45) is 1.64. The Bertz CT molecular complexity index is 975. The molecule has 6 heteroatoms. The first-order valence-corrected chi connectivity index (χ1v) is 12.0. The van der Waals surface area contributed by atoms with E-state index < -0.39 is 0 Å². The number of thioether (sulfide) groups is 1. The molecule has 1 aliphatic rings. The molecule has 1 saturated heterocycles. The van der Waals surface area contributed by atoms with Crippen LogP contribution in [0.5, 0.6) is 0 Å². The number of benzene rings is 2. The lowest BCUT2D eigenvalue weighted by Gasteiger charge is -2.34. The lowest BCUT2D eigenvalue weighted by atomic mass is 10.2. The number of carbonyl (C=O) groups excluding carboxylic acids is 1. The first-order valence-electron chi connectivity index (χ1n) is 10.2. The van der Waals surface area contributed by atoms with Crippen LogP contribution >= 0.6 is 23.1 Å². The Balaban J connectivity index is 1.27. The standard InChI is InChI=1S/C23H27N3OS2/c1-3-18-6-9-20-21(16-18)29-23(24-20)26-13-11-25(12-14-26)22(27)10-15-28-19-7-4-17(2)5-8-19/h4-9,16H,3,10-15H2,1-2H3. The number of aromatic nitrogens is 1. The van der Waals surface area contributed by atoms with Gasteiger partial charge >= 0.3 is 0 Å². The van der Waals surface area contributed by atoms with Crippen LogP contribution in [0.2, 0.25) is 0 Å². The van der Waals surface area contributed by atoms with Crippen LogP contribution in [0.3, 0.4) is 0 Å². The summed E-state index contributed by atoms with van der Waals surface area (Å²) in [6, 6.07) is 15.0. The highest BCUT2D eigenvalue weighted by Gasteiger charge is 2.23. The zero-order valence-electron chi connectivity index (χ0n) is 17.1. The van der Waals surface area contributed by atoms with Crippen LogP contribution in [-0.4, -0.2) is 47.7 Å². The lowest BCUT2D eigenvalue weighted by molar-refractivity contribution is -0.131. The van der Waals surface area contributed by atoms with E-state index in [0.29, 0.717) is 6.42 Å². The molecule has 0 bridgehead atoms. The van der Waals surface area contributed by atoms with Gasteiger partial charge in [0.25, 0.3) is 0 Å². The average molecular weight is 426 g/mol. The van der Waals surface area contributed by atoms with E-state index in [9.17, 15) is 4.79 Å². The number of nitrogens with zero attached hydrogens (tertiary/aromatic N) is 3. The van der Waals surface area contributed by atoms with Gasteiger partial charge in [-0.15, -0.1) is 11.8 Å². The third-order valence-electron chi connectivity index (χ3n) is 5.36. The van der Waals surface area contributed by atoms with E-state index in [1.165, 1.54) is 20.7 Å². The fourth-order valence-electron chi connectivity index (χ4n) is 3.51. The van der Waals surface area contributed by atoms with Gasteiger partial charge in [-0.2, -0.15) is 0 Å². The number of rotatable bonds is 6. The number of fused-ring (bicyclic) bond motifs is 1. The monoisotopic (exact) mass is 425 g/mol. The van der Waals surface area contributed by atoms with Gasteiger partial charge in [0.15, 0.2) is 5.13 Å². The van der Waals surface area contributed by atoms with Crippen LogP contribution in [0.4, 0.5) is 5.13 Å². The van der Waals surface area contributed by atoms with E-state index in [1.54, 1.807) is 23.1 Å². The molecular formula is C23H27N3OS2. The van der Waals surface area contributed by atoms with Crippen molar-refractivity contribution >= 4 is 44.4 Å². The van der Waals surface area contributed by atoms with Gasteiger partial charge in [-0.3, -0.25) is 4.79 Å². The second-order valence-corrected chi connectivity index (χ2v) is 9.61. The van der Waals surface area contributed by atoms with Crippen molar-refractivity contribution in [3.8, 4) is 0 Å². The molecule has 1 aromatic heterocycles. The lowest BCUT2D eigenvalue weighted by Crippen LogP contribution is -2.48. The summed E-state index contributed by atoms with van der Waals surface area (Å²) in [5, 5.41) is 1.08. The van der Waals surface area contributed by atoms with E-state index in [2.05, 4.69) is 61.2 Å². The Hall–Kier alpha value is -2.05. The summed E-state index contributed by atoms with van der Waals surface area (Å²) < 4.78 is 1.26. The molecule has 0 saturated carbocycles. The number of carbonyl (C=O) groups is 1. The SMILES string of the molecule is CCc1ccc2nc(N3CCN(C(=O)CCSc4ccc(C)cc4)CC3)sc2c1. The highest BCUT2D eigenvalue weighted by atomic mass is 32.2. The van der Waals surface area contributed by atoms with Crippen LogP contribution in [0.25, 0.3) is 10.2 Å². The molecule has 1 aliphatic heterocycles. The number of aryl methyl sites for hydroxylation is 2. The maximum atomic E-state index is 12.6. The first-order chi connectivity index (χ1) is 14.1. The normalized spacial score (nSPS) is 14.6. The fraction of sp³-hybridized carbons (Fsp3) is 0.391. The molecule has 0 atom stereocenters. The number of thiazole rings is 1. The van der Waals surface area contributed by atoms with Gasteiger partial charge in [-0.05, 0) is 43.2 Å². The quantitative estimate of drug-likeness (QED) is 0.521. The smallest absolute Gasteiger partial charge is 0.223 e. The van der Waals surface area contributed by atoms with Crippen molar-refractivity contribution in [2.75, 3.05) is 36.8 Å². The molecule has 4 nitrogen and oxygen atoms in total. The van der Waals surface area contributed by atoms with Gasteiger partial charge in [-0.25, -0.2) is 4.98 Å². The van der Waals surface area contributed by atoms with Gasteiger partial charge in [0.05, 0.1) is 10.2 Å². The van der Waals surface area contributed by atoms with Gasteiger partial charge in [0, 0.05) is 43.2 Å². The summed E-state index contributed by atoms with van der Waals surface area (Å²) >= 11 is 3.52. The van der Waals surface area contributed by atoms with E-state index in [0.717, 1.165) is 49.0 Å². The van der Waals surface area contributed by atoms with Crippen molar-refractivity contribution in [3.05, 3.63) is 53.6 Å². The van der Waals surface area contributed by atoms with Gasteiger partial charge in [0.2, 0.25) is 5.91 Å². The minimum absolute atomic E-state index is 0.265. The summed E-state index contributed by atoms with van der Waals surface area (Å²) in [4.78, 5) is 22.9. The Labute approximate surface area is 180 Å². The molecule has 1 fully saturated rings. The number of hydrogen-bond acceptors (Lipinski definition) is 5. The van der Waals surface area contributed by atoms with E-state index in [1.807, 2.05) is 4.90 Å². The molecule has 152 valence electrons. The predicted octanol–water partition coefficient (Wildman–Crippen LogP) is 5.00. The van der Waals surface area contributed by atoms with Crippen LogP contribution in [-0.2, 0) is 11.2 Å². The average Bonchev–Trinajstić information content (AvgIpc) is 3.18. The molecule has 29 heavy (non-hydrogen) atoms. The molecule has 0 unspecified atom stereocenters. The first kappa shape index (κ1) is 20.2. The van der Waals surface area contributed by atoms with Crippen LogP contribution in [0, 0.1) is 6.92 Å². The summed E-state index contributed by atoms with van der Waals surface area (Å²) in [5.74, 6) is 1.10. The van der Waals surface area contributed by atoms with Crippen LogP contribution < -0.4 is 4.90 Å². The molecule has 0 spiro atoms. The number of anilines is 1. The van der Waals surface area contributed by atoms with Gasteiger partial charge < -0.3 is 9.80 Å². The zero-order valence-corrected chi connectivity index (χ0v) is 18.7. The van der Waals surface area contributed by atoms with Crippen molar-refractivity contribution < 1.29 is 4.79 Å². The van der Waals surface area contributed by atoms with Crippen molar-refractivity contribution in [1.82, 2.24) is 9.88 Å². The van der Waals surface area contributed by atoms with E-state index in [4.69, 9.17) is 4.98 Å². The van der Waals surface area contributed by atoms with Crippen molar-refractivity contribution in [3.63, 3.8) is 0 Å². The van der Waals surface area contributed by atoms with Gasteiger partial charge in [-0.1, -0.05) is 42.0 Å². The third-order valence-corrected chi connectivity index (χ3v) is 7.45. The highest BCUT2D eigenvalue weighted by Crippen LogP contribution is 2.30. The maximum absolute atomic E-state index is 12.6. The Morgan fingerprint density at radius 2 is 1.86 bits per heavy atom. The Kier molecular flexibility index (Phi) is 6.40. The van der Waals surface area contributed by atoms with Crippen LogP contribution in [0.15, 0.2) is 47.4 Å². The molecule has 0 aliphatic carbocycles. The number of hydrogen-bond donors (Lipinski definition) is 0. The summed E-state index contributed by atoms with van der Waals surface area (Å²) in [6.45, 7) is 7.55. The topological polar surface area (TPSA) is 36.4 Å². The largest absolute Gasteiger partial charge is 0.345 e. The van der Waals surface area contributed by atoms with Crippen molar-refractivity contribution in [1.29, 1.82) is 0 Å². The molecule has 0 radical (unpaired) electrons. The van der Waals surface area contributed by atoms with Gasteiger partial charge in [0.1, 0.15) is 0 Å². The zero-order chi connectivity index (χ0) is 20.2. The van der Waals surface area contributed by atoms with Crippen molar-refractivity contribution in [2.45, 2.75) is 31.6 Å². The van der Waals surface area contributed by atoms with Crippen molar-refractivity contribution in [2.24, 2.45) is 0 Å². The molecule has 2 heterocycles. The third kappa shape index (κ3) is 4.93. The Morgan fingerprint density at radius 1 is 1.10 bits per heavy atom. The number of piperazine rings is 1. The van der Waals surface area contributed by atoms with E-state index >= 15 is 0 Å². The number of amides is 1. The second-order valence-electron chi connectivity index (χ2n) is 7.43. The minimum atomic E-state index is 0.265. The predicted molar refractivity (Wildman–Crippen MR) is 124 cm³/mol.